The van der Waals surface area contributed by atoms with Crippen LogP contribution in [0.1, 0.15) is 43.0 Å². The van der Waals surface area contributed by atoms with Crippen LogP contribution in [-0.2, 0) is 9.53 Å². The molecule has 0 fully saturated rings. The number of ether oxygens (including phenoxy) is 2. The van der Waals surface area contributed by atoms with Crippen LogP contribution >= 0.6 is 0 Å². The molecule has 0 aromatic heterocycles. The summed E-state index contributed by atoms with van der Waals surface area (Å²) in [6.45, 7) is 2.49. The molecule has 0 saturated carbocycles. The average molecular weight is 405 g/mol. The maximum Gasteiger partial charge on any atom is 0.338 e. The highest BCUT2D eigenvalue weighted by atomic mass is 16.5. The van der Waals surface area contributed by atoms with Gasteiger partial charge < -0.3 is 14.8 Å². The minimum atomic E-state index is -0.544. The van der Waals surface area contributed by atoms with Gasteiger partial charge in [-0.2, -0.15) is 0 Å². The largest absolute Gasteiger partial charge is 0.494 e. The van der Waals surface area contributed by atoms with Crippen molar-refractivity contribution >= 4 is 28.3 Å². The molecule has 3 aromatic rings. The van der Waals surface area contributed by atoms with Crippen molar-refractivity contribution in [2.24, 2.45) is 0 Å². The van der Waals surface area contributed by atoms with Crippen LogP contribution in [0.15, 0.2) is 66.7 Å². The SMILES string of the molecule is CCCCCCOc1ccc(C(=O)OCC(=O)Nc2cccc3ccccc23)cc1. The van der Waals surface area contributed by atoms with Crippen LogP contribution in [0.3, 0.4) is 0 Å². The fraction of sp³-hybridized carbons (Fsp3) is 0.280. The van der Waals surface area contributed by atoms with Crippen molar-refractivity contribution in [1.82, 2.24) is 0 Å². The lowest BCUT2D eigenvalue weighted by atomic mass is 10.1. The Morgan fingerprint density at radius 2 is 1.63 bits per heavy atom. The molecular weight excluding hydrogens is 378 g/mol. The number of anilines is 1. The van der Waals surface area contributed by atoms with Crippen LogP contribution in [0.2, 0.25) is 0 Å². The Kier molecular flexibility index (Phi) is 7.84. The number of esters is 1. The van der Waals surface area contributed by atoms with E-state index in [0.29, 0.717) is 17.9 Å². The quantitative estimate of drug-likeness (QED) is 0.352. The lowest BCUT2D eigenvalue weighted by molar-refractivity contribution is -0.119. The smallest absolute Gasteiger partial charge is 0.338 e. The van der Waals surface area contributed by atoms with E-state index < -0.39 is 5.97 Å². The second-order valence-corrected chi connectivity index (χ2v) is 7.08. The van der Waals surface area contributed by atoms with Gasteiger partial charge in [-0.1, -0.05) is 62.6 Å². The van der Waals surface area contributed by atoms with Crippen LogP contribution in [0.25, 0.3) is 10.8 Å². The fourth-order valence-electron chi connectivity index (χ4n) is 3.14. The third-order valence-corrected chi connectivity index (χ3v) is 4.75. The molecule has 156 valence electrons. The zero-order chi connectivity index (χ0) is 21.2. The summed E-state index contributed by atoms with van der Waals surface area (Å²) in [6, 6.07) is 20.2. The summed E-state index contributed by atoms with van der Waals surface area (Å²) in [5, 5.41) is 4.77. The normalized spacial score (nSPS) is 10.6. The van der Waals surface area contributed by atoms with Gasteiger partial charge >= 0.3 is 5.97 Å². The molecule has 0 aliphatic rings. The molecular formula is C25H27NO4. The Hall–Kier alpha value is -3.34. The molecule has 0 saturated heterocycles. The monoisotopic (exact) mass is 405 g/mol. The maximum atomic E-state index is 12.2. The van der Waals surface area contributed by atoms with E-state index in [1.54, 1.807) is 24.3 Å². The number of amides is 1. The van der Waals surface area contributed by atoms with Gasteiger partial charge in [-0.15, -0.1) is 0 Å². The third-order valence-electron chi connectivity index (χ3n) is 4.75. The number of hydrogen-bond donors (Lipinski definition) is 1. The second-order valence-electron chi connectivity index (χ2n) is 7.08. The van der Waals surface area contributed by atoms with Crippen molar-refractivity contribution in [1.29, 1.82) is 0 Å². The number of rotatable bonds is 10. The highest BCUT2D eigenvalue weighted by Gasteiger charge is 2.11. The summed E-state index contributed by atoms with van der Waals surface area (Å²) in [5.41, 5.74) is 1.07. The summed E-state index contributed by atoms with van der Waals surface area (Å²) in [7, 11) is 0. The topological polar surface area (TPSA) is 64.6 Å². The van der Waals surface area contributed by atoms with E-state index in [-0.39, 0.29) is 12.5 Å². The Bertz CT molecular complexity index is 977. The molecule has 0 unspecified atom stereocenters. The lowest BCUT2D eigenvalue weighted by Gasteiger charge is -2.10. The minimum absolute atomic E-state index is 0.349. The number of unbranched alkanes of at least 4 members (excludes halogenated alkanes) is 3. The molecule has 3 rings (SSSR count). The highest BCUT2D eigenvalue weighted by Crippen LogP contribution is 2.22. The summed E-state index contributed by atoms with van der Waals surface area (Å²) < 4.78 is 10.8. The van der Waals surface area contributed by atoms with E-state index in [9.17, 15) is 9.59 Å². The number of hydrogen-bond acceptors (Lipinski definition) is 4. The predicted molar refractivity (Wildman–Crippen MR) is 119 cm³/mol. The van der Waals surface area contributed by atoms with Gasteiger partial charge in [0.05, 0.1) is 12.2 Å². The van der Waals surface area contributed by atoms with E-state index in [2.05, 4.69) is 12.2 Å². The van der Waals surface area contributed by atoms with Gasteiger partial charge in [0.25, 0.3) is 5.91 Å². The molecule has 5 nitrogen and oxygen atoms in total. The first-order valence-corrected chi connectivity index (χ1v) is 10.3. The maximum absolute atomic E-state index is 12.2. The van der Waals surface area contributed by atoms with Gasteiger partial charge in [-0.05, 0) is 42.1 Å². The van der Waals surface area contributed by atoms with Crippen LogP contribution in [0, 0.1) is 0 Å². The van der Waals surface area contributed by atoms with Gasteiger partial charge in [-0.3, -0.25) is 4.79 Å². The van der Waals surface area contributed by atoms with Crippen molar-refractivity contribution in [2.75, 3.05) is 18.5 Å². The molecule has 0 radical (unpaired) electrons. The predicted octanol–water partition coefficient (Wildman–Crippen LogP) is 5.59. The highest BCUT2D eigenvalue weighted by molar-refractivity contribution is 6.03. The molecule has 30 heavy (non-hydrogen) atoms. The number of fused-ring (bicyclic) bond motifs is 1. The molecule has 0 spiro atoms. The molecule has 0 aliphatic heterocycles. The summed E-state index contributed by atoms with van der Waals surface area (Å²) in [6.07, 6.45) is 4.57. The van der Waals surface area contributed by atoms with Crippen LogP contribution in [-0.4, -0.2) is 25.1 Å². The summed E-state index contributed by atoms with van der Waals surface area (Å²) in [4.78, 5) is 24.4. The number of carbonyl (C=O) groups excluding carboxylic acids is 2. The number of benzene rings is 3. The Morgan fingerprint density at radius 1 is 0.867 bits per heavy atom. The van der Waals surface area contributed by atoms with E-state index in [1.807, 2.05) is 42.5 Å². The minimum Gasteiger partial charge on any atom is -0.494 e. The van der Waals surface area contributed by atoms with Crippen LogP contribution < -0.4 is 10.1 Å². The second kappa shape index (κ2) is 11.0. The molecule has 0 atom stereocenters. The first-order chi connectivity index (χ1) is 14.7. The van der Waals surface area contributed by atoms with Gasteiger partial charge in [0, 0.05) is 11.1 Å². The Morgan fingerprint density at radius 3 is 2.43 bits per heavy atom. The molecule has 0 heterocycles. The van der Waals surface area contributed by atoms with Gasteiger partial charge in [0.15, 0.2) is 6.61 Å². The Labute approximate surface area is 177 Å². The van der Waals surface area contributed by atoms with E-state index >= 15 is 0 Å². The zero-order valence-electron chi connectivity index (χ0n) is 17.2. The summed E-state index contributed by atoms with van der Waals surface area (Å²) in [5.74, 6) is -0.207. The van der Waals surface area contributed by atoms with Crippen LogP contribution in [0.5, 0.6) is 5.75 Å². The van der Waals surface area contributed by atoms with Gasteiger partial charge in [0.2, 0.25) is 0 Å². The van der Waals surface area contributed by atoms with Crippen molar-refractivity contribution in [2.45, 2.75) is 32.6 Å². The number of carbonyl (C=O) groups is 2. The molecule has 1 N–H and O–H groups in total. The van der Waals surface area contributed by atoms with Crippen LogP contribution in [0.4, 0.5) is 5.69 Å². The van der Waals surface area contributed by atoms with Crippen molar-refractivity contribution in [3.8, 4) is 5.75 Å². The van der Waals surface area contributed by atoms with Gasteiger partial charge in [0.1, 0.15) is 5.75 Å². The first-order valence-electron chi connectivity index (χ1n) is 10.3. The first kappa shape index (κ1) is 21.4. The molecule has 1 amide bonds. The zero-order valence-corrected chi connectivity index (χ0v) is 17.2. The third kappa shape index (κ3) is 6.08. The molecule has 5 heteroatoms. The Balaban J connectivity index is 1.47. The average Bonchev–Trinajstić information content (AvgIpc) is 2.78. The van der Waals surface area contributed by atoms with Crippen molar-refractivity contribution in [3.63, 3.8) is 0 Å². The van der Waals surface area contributed by atoms with E-state index in [1.165, 1.54) is 12.8 Å². The molecule has 3 aromatic carbocycles. The van der Waals surface area contributed by atoms with E-state index in [4.69, 9.17) is 9.47 Å². The van der Waals surface area contributed by atoms with E-state index in [0.717, 1.165) is 29.4 Å². The summed E-state index contributed by atoms with van der Waals surface area (Å²) >= 11 is 0. The standard InChI is InChI=1S/C25H27NO4/c1-2-3-4-7-17-29-21-15-13-20(14-16-21)25(28)30-18-24(27)26-23-12-8-10-19-9-5-6-11-22(19)23/h5-6,8-16H,2-4,7,17-18H2,1H3,(H,26,27). The molecule has 0 aliphatic carbocycles. The van der Waals surface area contributed by atoms with Gasteiger partial charge in [-0.25, -0.2) is 4.79 Å². The molecule has 0 bridgehead atoms. The fourth-order valence-corrected chi connectivity index (χ4v) is 3.14. The number of nitrogens with one attached hydrogen (secondary N) is 1. The van der Waals surface area contributed by atoms with Crippen molar-refractivity contribution < 1.29 is 19.1 Å². The lowest BCUT2D eigenvalue weighted by Crippen LogP contribution is -2.21. The van der Waals surface area contributed by atoms with Crippen molar-refractivity contribution in [3.05, 3.63) is 72.3 Å².